The third-order valence-electron chi connectivity index (χ3n) is 2.50. The van der Waals surface area contributed by atoms with Gasteiger partial charge in [-0.3, -0.25) is 0 Å². The number of hydrogen-bond acceptors (Lipinski definition) is 6. The minimum Gasteiger partial charge on any atom is -0.464 e. The van der Waals surface area contributed by atoms with Gasteiger partial charge in [-0.15, -0.1) is 0 Å². The number of sulfonamides is 1. The summed E-state index contributed by atoms with van der Waals surface area (Å²) in [5.74, 6) is 0.217. The van der Waals surface area contributed by atoms with Gasteiger partial charge in [-0.1, -0.05) is 0 Å². The predicted molar refractivity (Wildman–Crippen MR) is 70.2 cm³/mol. The van der Waals surface area contributed by atoms with E-state index in [0.717, 1.165) is 6.26 Å². The number of imidazole rings is 1. The van der Waals surface area contributed by atoms with Crippen molar-refractivity contribution >= 4 is 21.8 Å². The van der Waals surface area contributed by atoms with Gasteiger partial charge in [0.25, 0.3) is 0 Å². The second kappa shape index (κ2) is 6.02. The fourth-order valence-electron chi connectivity index (χ4n) is 1.61. The summed E-state index contributed by atoms with van der Waals surface area (Å²) in [5.41, 5.74) is 5.89. The molecule has 0 saturated carbocycles. The molecule has 0 aromatic carbocycles. The lowest BCUT2D eigenvalue weighted by Gasteiger charge is -2.07. The van der Waals surface area contributed by atoms with E-state index in [2.05, 4.69) is 14.4 Å². The molecule has 0 spiro atoms. The Kier molecular flexibility index (Phi) is 4.90. The maximum absolute atomic E-state index is 11.4. The maximum atomic E-state index is 11.4. The number of carbonyl (C=O) groups excluding carboxylic acids is 1. The fourth-order valence-corrected chi connectivity index (χ4v) is 2.12. The highest BCUT2D eigenvalue weighted by Crippen LogP contribution is 2.15. The number of aryl methyl sites for hydroxylation is 1. The monoisotopic (exact) mass is 290 g/mol. The highest BCUT2D eigenvalue weighted by atomic mass is 32.2. The van der Waals surface area contributed by atoms with E-state index in [1.54, 1.807) is 11.5 Å². The van der Waals surface area contributed by atoms with Crippen LogP contribution in [0, 0.1) is 6.92 Å². The van der Waals surface area contributed by atoms with Gasteiger partial charge in [0.15, 0.2) is 5.69 Å². The molecule has 1 heterocycles. The largest absolute Gasteiger partial charge is 0.464 e. The van der Waals surface area contributed by atoms with E-state index in [4.69, 9.17) is 5.73 Å². The smallest absolute Gasteiger partial charge is 0.360 e. The van der Waals surface area contributed by atoms with Gasteiger partial charge < -0.3 is 15.0 Å². The summed E-state index contributed by atoms with van der Waals surface area (Å²) in [6.07, 6.45) is 1.63. The standard InChI is InChI=1S/C10H18N4O4S/c1-7-13-8(10(15)18-2)9(11)14(7)6-4-5-12-19(3,16)17/h12H,4-6,11H2,1-3H3. The molecular formula is C10H18N4O4S. The van der Waals surface area contributed by atoms with Crippen molar-refractivity contribution in [1.82, 2.24) is 14.3 Å². The summed E-state index contributed by atoms with van der Waals surface area (Å²) >= 11 is 0. The number of nitrogens with zero attached hydrogens (tertiary/aromatic N) is 2. The molecule has 3 N–H and O–H groups in total. The molecule has 108 valence electrons. The molecule has 1 aromatic rings. The summed E-state index contributed by atoms with van der Waals surface area (Å²) in [4.78, 5) is 15.4. The summed E-state index contributed by atoms with van der Waals surface area (Å²) in [6.45, 7) is 2.47. The Balaban J connectivity index is 2.69. The maximum Gasteiger partial charge on any atom is 0.360 e. The van der Waals surface area contributed by atoms with Crippen LogP contribution in [0.2, 0.25) is 0 Å². The van der Waals surface area contributed by atoms with Crippen molar-refractivity contribution in [1.29, 1.82) is 0 Å². The van der Waals surface area contributed by atoms with E-state index in [1.165, 1.54) is 7.11 Å². The van der Waals surface area contributed by atoms with Gasteiger partial charge in [-0.2, -0.15) is 0 Å². The van der Waals surface area contributed by atoms with Gasteiger partial charge in [0.1, 0.15) is 11.6 Å². The number of rotatable bonds is 6. The van der Waals surface area contributed by atoms with Crippen LogP contribution in [0.4, 0.5) is 5.82 Å². The Morgan fingerprint density at radius 3 is 2.68 bits per heavy atom. The first-order valence-corrected chi connectivity index (χ1v) is 7.51. The van der Waals surface area contributed by atoms with Crippen LogP contribution in [0.15, 0.2) is 0 Å². The van der Waals surface area contributed by atoms with E-state index in [-0.39, 0.29) is 11.5 Å². The lowest BCUT2D eigenvalue weighted by molar-refractivity contribution is 0.0595. The number of aromatic nitrogens is 2. The van der Waals surface area contributed by atoms with Crippen LogP contribution in [-0.2, 0) is 21.3 Å². The highest BCUT2D eigenvalue weighted by Gasteiger charge is 2.18. The lowest BCUT2D eigenvalue weighted by atomic mass is 10.4. The van der Waals surface area contributed by atoms with Crippen LogP contribution in [0.5, 0.6) is 0 Å². The molecule has 0 aliphatic heterocycles. The summed E-state index contributed by atoms with van der Waals surface area (Å²) in [6, 6.07) is 0. The SMILES string of the molecule is COC(=O)c1nc(C)n(CCCNS(C)(=O)=O)c1N. The van der Waals surface area contributed by atoms with E-state index in [9.17, 15) is 13.2 Å². The summed E-state index contributed by atoms with van der Waals surface area (Å²) in [7, 11) is -1.94. The van der Waals surface area contributed by atoms with E-state index in [1.807, 2.05) is 0 Å². The summed E-state index contributed by atoms with van der Waals surface area (Å²) in [5, 5.41) is 0. The average molecular weight is 290 g/mol. The van der Waals surface area contributed by atoms with Gasteiger partial charge in [0.2, 0.25) is 10.0 Å². The van der Waals surface area contributed by atoms with E-state index >= 15 is 0 Å². The molecule has 0 bridgehead atoms. The van der Waals surface area contributed by atoms with Gasteiger partial charge in [-0.05, 0) is 13.3 Å². The molecule has 1 aromatic heterocycles. The number of carbonyl (C=O) groups is 1. The zero-order valence-corrected chi connectivity index (χ0v) is 12.0. The van der Waals surface area contributed by atoms with Crippen LogP contribution < -0.4 is 10.5 Å². The van der Waals surface area contributed by atoms with Crippen molar-refractivity contribution in [2.24, 2.45) is 0 Å². The average Bonchev–Trinajstić information content (AvgIpc) is 2.59. The van der Waals surface area contributed by atoms with Gasteiger partial charge in [0.05, 0.1) is 13.4 Å². The highest BCUT2D eigenvalue weighted by molar-refractivity contribution is 7.88. The van der Waals surface area contributed by atoms with Crippen LogP contribution in [0.3, 0.4) is 0 Å². The molecule has 0 aliphatic carbocycles. The number of nitrogens with two attached hydrogens (primary N) is 1. The molecule has 1 rings (SSSR count). The number of nitrogens with one attached hydrogen (secondary N) is 1. The fraction of sp³-hybridized carbons (Fsp3) is 0.600. The van der Waals surface area contributed by atoms with Crippen molar-refractivity contribution in [3.63, 3.8) is 0 Å². The molecule has 0 aliphatic rings. The number of nitrogen functional groups attached to an aromatic ring is 1. The van der Waals surface area contributed by atoms with Crippen LogP contribution in [-0.4, -0.2) is 43.8 Å². The topological polar surface area (TPSA) is 116 Å². The zero-order chi connectivity index (χ0) is 14.6. The Morgan fingerprint density at radius 2 is 2.16 bits per heavy atom. The number of methoxy groups -OCH3 is 1. The normalized spacial score (nSPS) is 11.5. The Bertz CT molecular complexity index is 564. The molecular weight excluding hydrogens is 272 g/mol. The van der Waals surface area contributed by atoms with Crippen molar-refractivity contribution < 1.29 is 17.9 Å². The van der Waals surface area contributed by atoms with Crippen LogP contribution in [0.1, 0.15) is 22.7 Å². The zero-order valence-electron chi connectivity index (χ0n) is 11.1. The number of anilines is 1. The van der Waals surface area contributed by atoms with Crippen LogP contribution in [0.25, 0.3) is 0 Å². The molecule has 0 saturated heterocycles. The van der Waals surface area contributed by atoms with Crippen molar-refractivity contribution in [3.8, 4) is 0 Å². The molecule has 0 unspecified atom stereocenters. The minimum atomic E-state index is -3.19. The Labute approximate surface area is 112 Å². The van der Waals surface area contributed by atoms with E-state index in [0.29, 0.717) is 25.3 Å². The van der Waals surface area contributed by atoms with Crippen molar-refractivity contribution in [3.05, 3.63) is 11.5 Å². The lowest BCUT2D eigenvalue weighted by Crippen LogP contribution is -2.24. The number of esters is 1. The molecule has 0 amide bonds. The van der Waals surface area contributed by atoms with Gasteiger partial charge in [-0.25, -0.2) is 22.9 Å². The number of hydrogen-bond donors (Lipinski definition) is 2. The first-order chi connectivity index (χ1) is 8.76. The second-order valence-corrected chi connectivity index (χ2v) is 5.89. The Morgan fingerprint density at radius 1 is 1.53 bits per heavy atom. The minimum absolute atomic E-state index is 0.0797. The quantitative estimate of drug-likeness (QED) is 0.539. The molecule has 0 atom stereocenters. The molecule has 0 fully saturated rings. The molecule has 19 heavy (non-hydrogen) atoms. The van der Waals surface area contributed by atoms with E-state index < -0.39 is 16.0 Å². The molecule has 0 radical (unpaired) electrons. The first kappa shape index (κ1) is 15.4. The predicted octanol–water partition coefficient (Wildman–Crippen LogP) is -0.500. The van der Waals surface area contributed by atoms with Gasteiger partial charge >= 0.3 is 5.97 Å². The molecule has 9 heteroatoms. The third-order valence-corrected chi connectivity index (χ3v) is 3.23. The summed E-state index contributed by atoms with van der Waals surface area (Å²) < 4.78 is 30.4. The Hall–Kier alpha value is -1.61. The van der Waals surface area contributed by atoms with Crippen molar-refractivity contribution in [2.45, 2.75) is 19.9 Å². The first-order valence-electron chi connectivity index (χ1n) is 5.62. The van der Waals surface area contributed by atoms with Gasteiger partial charge in [0, 0.05) is 13.1 Å². The third kappa shape index (κ3) is 4.21. The number of ether oxygens (including phenoxy) is 1. The molecule has 8 nitrogen and oxygen atoms in total. The second-order valence-electron chi connectivity index (χ2n) is 4.06. The van der Waals surface area contributed by atoms with Crippen LogP contribution >= 0.6 is 0 Å². The van der Waals surface area contributed by atoms with Crippen molar-refractivity contribution in [2.75, 3.05) is 25.6 Å².